The molecule has 0 atom stereocenters. The van der Waals surface area contributed by atoms with Gasteiger partial charge in [-0.3, -0.25) is 0 Å². The fourth-order valence-electron chi connectivity index (χ4n) is 1.11. The number of hydrogen-bond donors (Lipinski definition) is 3. The number of rotatable bonds is 6. The lowest BCUT2D eigenvalue weighted by Crippen LogP contribution is -2.17. The third kappa shape index (κ3) is 4.03. The van der Waals surface area contributed by atoms with Gasteiger partial charge in [0.2, 0.25) is 0 Å². The number of nitrogens with zero attached hydrogens (tertiary/aromatic N) is 1. The van der Waals surface area contributed by atoms with Gasteiger partial charge in [0.1, 0.15) is 5.82 Å². The van der Waals surface area contributed by atoms with Crippen molar-refractivity contribution in [2.45, 2.75) is 6.92 Å². The molecule has 1 rings (SSSR count). The van der Waals surface area contributed by atoms with Gasteiger partial charge in [0, 0.05) is 30.2 Å². The van der Waals surface area contributed by atoms with Gasteiger partial charge in [-0.15, -0.1) is 0 Å². The number of nitrogens with two attached hydrogens (primary N) is 1. The van der Waals surface area contributed by atoms with Gasteiger partial charge in [-0.1, -0.05) is 6.92 Å². The molecule has 0 aliphatic heterocycles. The zero-order valence-corrected chi connectivity index (χ0v) is 9.92. The van der Waals surface area contributed by atoms with Crippen LogP contribution in [0.1, 0.15) is 6.92 Å². The summed E-state index contributed by atoms with van der Waals surface area (Å²) >= 11 is 0. The zero-order chi connectivity index (χ0) is 12.0. The van der Waals surface area contributed by atoms with Gasteiger partial charge in [0.15, 0.2) is 9.84 Å². The summed E-state index contributed by atoms with van der Waals surface area (Å²) in [5, 5.41) is 3.00. The Morgan fingerprint density at radius 2 is 2.25 bits per heavy atom. The van der Waals surface area contributed by atoms with Crippen LogP contribution in [0.3, 0.4) is 0 Å². The van der Waals surface area contributed by atoms with E-state index in [0.717, 1.165) is 5.69 Å². The van der Waals surface area contributed by atoms with Crippen LogP contribution in [0.15, 0.2) is 18.3 Å². The molecule has 0 unspecified atom stereocenters. The van der Waals surface area contributed by atoms with Crippen molar-refractivity contribution in [2.75, 3.05) is 28.8 Å². The monoisotopic (exact) mass is 244 g/mol. The molecule has 0 aliphatic carbocycles. The Labute approximate surface area is 95.1 Å². The minimum atomic E-state index is -2.92. The quantitative estimate of drug-likeness (QED) is 0.489. The summed E-state index contributed by atoms with van der Waals surface area (Å²) in [5.41, 5.74) is 3.20. The molecule has 16 heavy (non-hydrogen) atoms. The molecule has 0 aromatic carbocycles. The standard InChI is InChI=1S/C9H16N4O2S/c1-2-16(14,15)6-5-11-8-3-4-12-9(7-8)13-10/h3-4,7H,2,5-6,10H2,1H3,(H2,11,12,13). The Balaban J connectivity index is 2.49. The van der Waals surface area contributed by atoms with Crippen molar-refractivity contribution >= 4 is 21.3 Å². The first kappa shape index (κ1) is 12.7. The second-order valence-corrected chi connectivity index (χ2v) is 5.71. The SMILES string of the molecule is CCS(=O)(=O)CCNc1ccnc(NN)c1. The number of hydrazine groups is 1. The number of nitrogen functional groups attached to an aromatic ring is 1. The van der Waals surface area contributed by atoms with E-state index in [1.807, 2.05) is 0 Å². The van der Waals surface area contributed by atoms with Gasteiger partial charge in [0.05, 0.1) is 5.75 Å². The van der Waals surface area contributed by atoms with Crippen LogP contribution in [0.5, 0.6) is 0 Å². The lowest BCUT2D eigenvalue weighted by atomic mass is 10.4. The second-order valence-electron chi connectivity index (χ2n) is 3.24. The molecule has 7 heteroatoms. The highest BCUT2D eigenvalue weighted by atomic mass is 32.2. The topological polar surface area (TPSA) is 97.1 Å². The number of anilines is 2. The Morgan fingerprint density at radius 3 is 2.88 bits per heavy atom. The molecule has 1 aromatic rings. The van der Waals surface area contributed by atoms with E-state index < -0.39 is 9.84 Å². The number of sulfone groups is 1. The largest absolute Gasteiger partial charge is 0.384 e. The van der Waals surface area contributed by atoms with Gasteiger partial charge in [-0.25, -0.2) is 19.2 Å². The molecule has 0 radical (unpaired) electrons. The summed E-state index contributed by atoms with van der Waals surface area (Å²) in [5.74, 6) is 6.02. The average molecular weight is 244 g/mol. The van der Waals surface area contributed by atoms with Gasteiger partial charge >= 0.3 is 0 Å². The molecule has 0 saturated carbocycles. The van der Waals surface area contributed by atoms with E-state index in [2.05, 4.69) is 15.7 Å². The summed E-state index contributed by atoms with van der Waals surface area (Å²) in [6.07, 6.45) is 1.59. The predicted octanol–water partition coefficient (Wildman–Crippen LogP) is 0.214. The molecule has 0 amide bonds. The maximum absolute atomic E-state index is 11.2. The highest BCUT2D eigenvalue weighted by Crippen LogP contribution is 2.10. The molecule has 90 valence electrons. The maximum atomic E-state index is 11.2. The van der Waals surface area contributed by atoms with Gasteiger partial charge < -0.3 is 10.7 Å². The first-order valence-electron chi connectivity index (χ1n) is 4.94. The molecular weight excluding hydrogens is 228 g/mol. The molecular formula is C9H16N4O2S. The molecule has 6 nitrogen and oxygen atoms in total. The van der Waals surface area contributed by atoms with Crippen LogP contribution in [0.4, 0.5) is 11.5 Å². The Kier molecular flexibility index (Phi) is 4.51. The maximum Gasteiger partial charge on any atom is 0.151 e. The Morgan fingerprint density at radius 1 is 1.50 bits per heavy atom. The van der Waals surface area contributed by atoms with Crippen LogP contribution >= 0.6 is 0 Å². The van der Waals surface area contributed by atoms with Crippen LogP contribution < -0.4 is 16.6 Å². The van der Waals surface area contributed by atoms with Crippen LogP contribution in [0.2, 0.25) is 0 Å². The summed E-state index contributed by atoms with van der Waals surface area (Å²) in [4.78, 5) is 3.94. The minimum Gasteiger partial charge on any atom is -0.384 e. The molecule has 0 fully saturated rings. The fourth-order valence-corrected chi connectivity index (χ4v) is 1.82. The van der Waals surface area contributed by atoms with Crippen molar-refractivity contribution < 1.29 is 8.42 Å². The van der Waals surface area contributed by atoms with E-state index in [4.69, 9.17) is 5.84 Å². The van der Waals surface area contributed by atoms with Gasteiger partial charge in [-0.05, 0) is 6.07 Å². The third-order valence-electron chi connectivity index (χ3n) is 2.09. The Hall–Kier alpha value is -1.34. The first-order chi connectivity index (χ1) is 7.57. The molecule has 0 bridgehead atoms. The summed E-state index contributed by atoms with van der Waals surface area (Å²) in [7, 11) is -2.92. The lowest BCUT2D eigenvalue weighted by molar-refractivity contribution is 0.597. The summed E-state index contributed by atoms with van der Waals surface area (Å²) < 4.78 is 22.5. The van der Waals surface area contributed by atoms with Crippen LogP contribution in [-0.4, -0.2) is 31.5 Å². The highest BCUT2D eigenvalue weighted by Gasteiger charge is 2.06. The van der Waals surface area contributed by atoms with E-state index in [1.54, 1.807) is 25.3 Å². The van der Waals surface area contributed by atoms with Crippen molar-refractivity contribution in [1.29, 1.82) is 0 Å². The van der Waals surface area contributed by atoms with Gasteiger partial charge in [-0.2, -0.15) is 0 Å². The highest BCUT2D eigenvalue weighted by molar-refractivity contribution is 7.91. The summed E-state index contributed by atoms with van der Waals surface area (Å²) in [6, 6.07) is 3.46. The second kappa shape index (κ2) is 5.66. The van der Waals surface area contributed by atoms with Crippen molar-refractivity contribution in [2.24, 2.45) is 5.84 Å². The Bertz CT molecular complexity index is 433. The minimum absolute atomic E-state index is 0.122. The molecule has 1 aromatic heterocycles. The normalized spacial score (nSPS) is 11.1. The summed E-state index contributed by atoms with van der Waals surface area (Å²) in [6.45, 7) is 2.02. The molecule has 1 heterocycles. The van der Waals surface area contributed by atoms with E-state index >= 15 is 0 Å². The number of nitrogens with one attached hydrogen (secondary N) is 2. The van der Waals surface area contributed by atoms with Crippen molar-refractivity contribution in [3.8, 4) is 0 Å². The lowest BCUT2D eigenvalue weighted by Gasteiger charge is -2.07. The van der Waals surface area contributed by atoms with E-state index in [9.17, 15) is 8.42 Å². The molecule has 0 saturated heterocycles. The van der Waals surface area contributed by atoms with Crippen LogP contribution in [0, 0.1) is 0 Å². The van der Waals surface area contributed by atoms with Crippen LogP contribution in [0.25, 0.3) is 0 Å². The van der Waals surface area contributed by atoms with Crippen molar-refractivity contribution in [3.63, 3.8) is 0 Å². The molecule has 0 spiro atoms. The number of aromatic nitrogens is 1. The van der Waals surface area contributed by atoms with E-state index in [1.165, 1.54) is 0 Å². The predicted molar refractivity (Wildman–Crippen MR) is 64.9 cm³/mol. The average Bonchev–Trinajstić information content (AvgIpc) is 2.29. The van der Waals surface area contributed by atoms with E-state index in [0.29, 0.717) is 12.4 Å². The van der Waals surface area contributed by atoms with Crippen molar-refractivity contribution in [3.05, 3.63) is 18.3 Å². The molecule has 0 aliphatic rings. The number of pyridine rings is 1. The number of hydrogen-bond acceptors (Lipinski definition) is 6. The van der Waals surface area contributed by atoms with Crippen molar-refractivity contribution in [1.82, 2.24) is 4.98 Å². The third-order valence-corrected chi connectivity index (χ3v) is 3.80. The van der Waals surface area contributed by atoms with Gasteiger partial charge in [0.25, 0.3) is 0 Å². The fraction of sp³-hybridized carbons (Fsp3) is 0.444. The molecule has 4 N–H and O–H groups in total. The zero-order valence-electron chi connectivity index (χ0n) is 9.10. The van der Waals surface area contributed by atoms with E-state index in [-0.39, 0.29) is 11.5 Å². The first-order valence-corrected chi connectivity index (χ1v) is 6.76. The van der Waals surface area contributed by atoms with Crippen LogP contribution in [-0.2, 0) is 9.84 Å². The smallest absolute Gasteiger partial charge is 0.151 e.